The Morgan fingerprint density at radius 3 is 2.50 bits per heavy atom. The lowest BCUT2D eigenvalue weighted by molar-refractivity contribution is -0.0896. The van der Waals surface area contributed by atoms with Crippen LogP contribution in [-0.2, 0) is 4.74 Å². The summed E-state index contributed by atoms with van der Waals surface area (Å²) < 4.78 is 5.67. The van der Waals surface area contributed by atoms with Crippen LogP contribution in [0.4, 0.5) is 0 Å². The van der Waals surface area contributed by atoms with E-state index in [1.54, 1.807) is 0 Å². The van der Waals surface area contributed by atoms with Crippen molar-refractivity contribution in [3.8, 4) is 0 Å². The third kappa shape index (κ3) is 2.18. The molecule has 0 radical (unpaired) electrons. The van der Waals surface area contributed by atoms with E-state index in [1.807, 2.05) is 7.11 Å². The molecule has 82 valence electrons. The normalized spacial score (nSPS) is 21.4. The Morgan fingerprint density at radius 2 is 2.21 bits per heavy atom. The average Bonchev–Trinajstić information content (AvgIpc) is 2.08. The molecular formula is C12H23NO. The van der Waals surface area contributed by atoms with Crippen molar-refractivity contribution in [3.63, 3.8) is 0 Å². The van der Waals surface area contributed by atoms with Gasteiger partial charge in [0.1, 0.15) is 0 Å². The van der Waals surface area contributed by atoms with E-state index in [9.17, 15) is 0 Å². The Labute approximate surface area is 87.7 Å². The molecule has 0 spiro atoms. The summed E-state index contributed by atoms with van der Waals surface area (Å²) in [5.41, 5.74) is 1.24. The summed E-state index contributed by atoms with van der Waals surface area (Å²) in [6, 6.07) is 0.334. The second kappa shape index (κ2) is 4.94. The van der Waals surface area contributed by atoms with Gasteiger partial charge in [-0.1, -0.05) is 19.1 Å². The lowest BCUT2D eigenvalue weighted by Crippen LogP contribution is -2.57. The SMILES string of the molecule is C=C(C)C(NCCC)C1(OC)CCC1. The van der Waals surface area contributed by atoms with Gasteiger partial charge < -0.3 is 10.1 Å². The van der Waals surface area contributed by atoms with Crippen LogP contribution >= 0.6 is 0 Å². The molecule has 2 heteroatoms. The van der Waals surface area contributed by atoms with Crippen LogP contribution in [0.15, 0.2) is 12.2 Å². The highest BCUT2D eigenvalue weighted by molar-refractivity contribution is 5.15. The minimum absolute atomic E-state index is 0.0427. The molecule has 0 amide bonds. The minimum Gasteiger partial charge on any atom is -0.376 e. The van der Waals surface area contributed by atoms with Gasteiger partial charge in [0.25, 0.3) is 0 Å². The predicted molar refractivity (Wildman–Crippen MR) is 60.5 cm³/mol. The molecule has 0 saturated heterocycles. The Morgan fingerprint density at radius 1 is 1.57 bits per heavy atom. The lowest BCUT2D eigenvalue weighted by atomic mass is 9.72. The van der Waals surface area contributed by atoms with E-state index >= 15 is 0 Å². The van der Waals surface area contributed by atoms with Crippen LogP contribution in [0.2, 0.25) is 0 Å². The van der Waals surface area contributed by atoms with E-state index in [2.05, 4.69) is 25.7 Å². The van der Waals surface area contributed by atoms with E-state index in [1.165, 1.54) is 12.0 Å². The maximum atomic E-state index is 5.67. The number of hydrogen-bond donors (Lipinski definition) is 1. The van der Waals surface area contributed by atoms with E-state index in [0.29, 0.717) is 6.04 Å². The summed E-state index contributed by atoms with van der Waals surface area (Å²) in [6.45, 7) is 9.38. The van der Waals surface area contributed by atoms with Crippen LogP contribution in [0, 0.1) is 0 Å². The second-order valence-corrected chi connectivity index (χ2v) is 4.36. The van der Waals surface area contributed by atoms with E-state index < -0.39 is 0 Å². The van der Waals surface area contributed by atoms with Gasteiger partial charge in [-0.3, -0.25) is 0 Å². The molecule has 14 heavy (non-hydrogen) atoms. The molecule has 1 rings (SSSR count). The van der Waals surface area contributed by atoms with Gasteiger partial charge in [-0.15, -0.1) is 0 Å². The first-order valence-corrected chi connectivity index (χ1v) is 5.60. The van der Waals surface area contributed by atoms with Gasteiger partial charge in [0.2, 0.25) is 0 Å². The maximum Gasteiger partial charge on any atom is 0.0869 e. The van der Waals surface area contributed by atoms with E-state index in [-0.39, 0.29) is 5.60 Å². The highest BCUT2D eigenvalue weighted by atomic mass is 16.5. The van der Waals surface area contributed by atoms with Gasteiger partial charge in [0, 0.05) is 7.11 Å². The average molecular weight is 197 g/mol. The smallest absolute Gasteiger partial charge is 0.0869 e. The van der Waals surface area contributed by atoms with Crippen molar-refractivity contribution in [2.45, 2.75) is 51.2 Å². The molecule has 1 saturated carbocycles. The van der Waals surface area contributed by atoms with Gasteiger partial charge in [0.05, 0.1) is 11.6 Å². The molecule has 1 unspecified atom stereocenters. The van der Waals surface area contributed by atoms with Gasteiger partial charge in [-0.2, -0.15) is 0 Å². The van der Waals surface area contributed by atoms with Crippen LogP contribution in [-0.4, -0.2) is 25.3 Å². The molecule has 0 aromatic carbocycles. The van der Waals surface area contributed by atoms with Crippen molar-refractivity contribution in [2.24, 2.45) is 0 Å². The Hall–Kier alpha value is -0.340. The highest BCUT2D eigenvalue weighted by Gasteiger charge is 2.44. The summed E-state index contributed by atoms with van der Waals surface area (Å²) in [6.07, 6.45) is 4.77. The van der Waals surface area contributed by atoms with Crippen LogP contribution in [0.5, 0.6) is 0 Å². The zero-order valence-electron chi connectivity index (χ0n) is 9.73. The second-order valence-electron chi connectivity index (χ2n) is 4.36. The lowest BCUT2D eigenvalue weighted by Gasteiger charge is -2.47. The van der Waals surface area contributed by atoms with Crippen molar-refractivity contribution >= 4 is 0 Å². The van der Waals surface area contributed by atoms with Gasteiger partial charge >= 0.3 is 0 Å². The number of hydrogen-bond acceptors (Lipinski definition) is 2. The fraction of sp³-hybridized carbons (Fsp3) is 0.833. The van der Waals surface area contributed by atoms with Crippen LogP contribution in [0.25, 0.3) is 0 Å². The maximum absolute atomic E-state index is 5.67. The minimum atomic E-state index is 0.0427. The molecule has 1 N–H and O–H groups in total. The summed E-state index contributed by atoms with van der Waals surface area (Å²) in [5.74, 6) is 0. The summed E-state index contributed by atoms with van der Waals surface area (Å²) in [5, 5.41) is 3.54. The number of ether oxygens (including phenoxy) is 1. The molecule has 1 atom stereocenters. The molecule has 1 fully saturated rings. The van der Waals surface area contributed by atoms with Crippen LogP contribution in [0.1, 0.15) is 39.5 Å². The molecule has 0 heterocycles. The molecule has 0 aliphatic heterocycles. The molecule has 0 aromatic rings. The third-order valence-electron chi connectivity index (χ3n) is 3.22. The van der Waals surface area contributed by atoms with Crippen molar-refractivity contribution in [2.75, 3.05) is 13.7 Å². The summed E-state index contributed by atoms with van der Waals surface area (Å²) >= 11 is 0. The standard InChI is InChI=1S/C12H23NO/c1-5-9-13-11(10(2)3)12(14-4)7-6-8-12/h11,13H,2,5-9H2,1,3-4H3. The Kier molecular flexibility index (Phi) is 4.14. The van der Waals surface area contributed by atoms with Crippen LogP contribution < -0.4 is 5.32 Å². The quantitative estimate of drug-likeness (QED) is 0.661. The van der Waals surface area contributed by atoms with Crippen molar-refractivity contribution in [3.05, 3.63) is 12.2 Å². The first-order valence-electron chi connectivity index (χ1n) is 5.60. The van der Waals surface area contributed by atoms with E-state index in [0.717, 1.165) is 25.8 Å². The highest BCUT2D eigenvalue weighted by Crippen LogP contribution is 2.40. The molecule has 1 aliphatic rings. The molecular weight excluding hydrogens is 174 g/mol. The van der Waals surface area contributed by atoms with Gasteiger partial charge in [0.15, 0.2) is 0 Å². The largest absolute Gasteiger partial charge is 0.376 e. The third-order valence-corrected chi connectivity index (χ3v) is 3.22. The van der Waals surface area contributed by atoms with Crippen molar-refractivity contribution in [1.82, 2.24) is 5.32 Å². The Bertz CT molecular complexity index is 191. The van der Waals surface area contributed by atoms with Crippen molar-refractivity contribution < 1.29 is 4.74 Å². The molecule has 0 aromatic heterocycles. The summed E-state index contributed by atoms with van der Waals surface area (Å²) in [4.78, 5) is 0. The van der Waals surface area contributed by atoms with Gasteiger partial charge in [-0.25, -0.2) is 0 Å². The zero-order chi connectivity index (χ0) is 10.6. The number of methoxy groups -OCH3 is 1. The van der Waals surface area contributed by atoms with Crippen molar-refractivity contribution in [1.29, 1.82) is 0 Å². The Balaban J connectivity index is 2.60. The predicted octanol–water partition coefficient (Wildman–Crippen LogP) is 2.50. The van der Waals surface area contributed by atoms with E-state index in [4.69, 9.17) is 4.74 Å². The molecule has 0 bridgehead atoms. The first-order chi connectivity index (χ1) is 6.66. The monoisotopic (exact) mass is 197 g/mol. The van der Waals surface area contributed by atoms with Gasteiger partial charge in [-0.05, 0) is 39.2 Å². The van der Waals surface area contributed by atoms with Crippen LogP contribution in [0.3, 0.4) is 0 Å². The first kappa shape index (κ1) is 11.7. The fourth-order valence-corrected chi connectivity index (χ4v) is 2.23. The number of rotatable bonds is 6. The molecule has 1 aliphatic carbocycles. The molecule has 2 nitrogen and oxygen atoms in total. The fourth-order valence-electron chi connectivity index (χ4n) is 2.23. The number of nitrogens with one attached hydrogen (secondary N) is 1. The zero-order valence-corrected chi connectivity index (χ0v) is 9.73. The summed E-state index contributed by atoms with van der Waals surface area (Å²) in [7, 11) is 1.82. The topological polar surface area (TPSA) is 21.3 Å².